The number of nitrogens with one attached hydrogen (secondary N) is 1. The Labute approximate surface area is 220 Å². The SMILES string of the molecule is O=C(Oc1ccc(S(=O)(=O)Nc2ccc(N3CCOCC3)cc2)cc1)C1(c2ccc([N+](=O)[O-])cc2)CCC1. The van der Waals surface area contributed by atoms with Gasteiger partial charge in [0.15, 0.2) is 0 Å². The molecule has 1 aliphatic heterocycles. The fourth-order valence-electron chi connectivity index (χ4n) is 4.71. The van der Waals surface area contributed by atoms with Crippen LogP contribution < -0.4 is 14.4 Å². The second-order valence-electron chi connectivity index (χ2n) is 9.35. The van der Waals surface area contributed by atoms with E-state index in [2.05, 4.69) is 9.62 Å². The Morgan fingerprint density at radius 3 is 2.13 bits per heavy atom. The molecule has 198 valence electrons. The molecule has 10 nitrogen and oxygen atoms in total. The molecule has 2 fully saturated rings. The van der Waals surface area contributed by atoms with Gasteiger partial charge in [0.2, 0.25) is 0 Å². The number of nitro benzene ring substituents is 1. The first-order chi connectivity index (χ1) is 18.3. The van der Waals surface area contributed by atoms with Crippen LogP contribution in [0, 0.1) is 10.1 Å². The number of benzene rings is 3. The van der Waals surface area contributed by atoms with Gasteiger partial charge in [-0.1, -0.05) is 18.6 Å². The highest BCUT2D eigenvalue weighted by Crippen LogP contribution is 2.45. The van der Waals surface area contributed by atoms with E-state index < -0.39 is 26.3 Å². The molecule has 0 radical (unpaired) electrons. The highest BCUT2D eigenvalue weighted by Gasteiger charge is 2.47. The molecule has 11 heteroatoms. The van der Waals surface area contributed by atoms with Crippen molar-refractivity contribution in [2.24, 2.45) is 0 Å². The summed E-state index contributed by atoms with van der Waals surface area (Å²) in [5.41, 5.74) is 1.19. The molecular weight excluding hydrogens is 510 g/mol. The number of hydrogen-bond donors (Lipinski definition) is 1. The molecule has 0 unspecified atom stereocenters. The van der Waals surface area contributed by atoms with Crippen molar-refractivity contribution in [2.75, 3.05) is 35.9 Å². The van der Waals surface area contributed by atoms with Crippen molar-refractivity contribution in [1.29, 1.82) is 0 Å². The van der Waals surface area contributed by atoms with Crippen LogP contribution in [0.3, 0.4) is 0 Å². The van der Waals surface area contributed by atoms with Crippen LogP contribution in [0.25, 0.3) is 0 Å². The minimum Gasteiger partial charge on any atom is -0.426 e. The molecule has 2 aliphatic rings. The van der Waals surface area contributed by atoms with E-state index in [0.717, 1.165) is 25.2 Å². The van der Waals surface area contributed by atoms with E-state index in [1.165, 1.54) is 36.4 Å². The van der Waals surface area contributed by atoms with Gasteiger partial charge in [0, 0.05) is 36.6 Å². The van der Waals surface area contributed by atoms with Crippen LogP contribution in [0.2, 0.25) is 0 Å². The first-order valence-electron chi connectivity index (χ1n) is 12.3. The molecule has 5 rings (SSSR count). The lowest BCUT2D eigenvalue weighted by molar-refractivity contribution is -0.384. The number of nitro groups is 1. The zero-order valence-electron chi connectivity index (χ0n) is 20.5. The first-order valence-corrected chi connectivity index (χ1v) is 13.8. The summed E-state index contributed by atoms with van der Waals surface area (Å²) in [4.78, 5) is 25.8. The summed E-state index contributed by atoms with van der Waals surface area (Å²) >= 11 is 0. The maximum atomic E-state index is 13.1. The monoisotopic (exact) mass is 537 g/mol. The van der Waals surface area contributed by atoms with Crippen LogP contribution in [-0.4, -0.2) is 45.6 Å². The van der Waals surface area contributed by atoms with Crippen molar-refractivity contribution < 1.29 is 27.6 Å². The zero-order valence-corrected chi connectivity index (χ0v) is 21.4. The van der Waals surface area contributed by atoms with Crippen LogP contribution >= 0.6 is 0 Å². The Kier molecular flexibility index (Phi) is 7.04. The number of anilines is 2. The molecule has 3 aromatic rings. The van der Waals surface area contributed by atoms with Crippen molar-refractivity contribution in [3.05, 3.63) is 88.5 Å². The van der Waals surface area contributed by atoms with Crippen LogP contribution in [0.5, 0.6) is 5.75 Å². The molecule has 1 saturated carbocycles. The van der Waals surface area contributed by atoms with Gasteiger partial charge in [-0.15, -0.1) is 0 Å². The van der Waals surface area contributed by atoms with Gasteiger partial charge in [-0.2, -0.15) is 0 Å². The standard InChI is InChI=1S/C27H27N3O7S/c31-26(27(14-1-15-27)20-2-6-23(7-3-20)30(32)33)37-24-10-12-25(13-11-24)38(34,35)28-21-4-8-22(9-5-21)29-16-18-36-19-17-29/h2-13,28H,1,14-19H2. The third kappa shape index (κ3) is 5.20. The Bertz CT molecular complexity index is 1410. The Hall–Kier alpha value is -3.96. The molecule has 0 bridgehead atoms. The lowest BCUT2D eigenvalue weighted by Gasteiger charge is -2.39. The molecule has 1 heterocycles. The highest BCUT2D eigenvalue weighted by molar-refractivity contribution is 7.92. The van der Waals surface area contributed by atoms with Gasteiger partial charge in [-0.05, 0) is 66.9 Å². The summed E-state index contributed by atoms with van der Waals surface area (Å²) in [6.07, 6.45) is 1.98. The molecule has 0 spiro atoms. The Morgan fingerprint density at radius 1 is 0.947 bits per heavy atom. The Balaban J connectivity index is 1.24. The molecule has 1 N–H and O–H groups in total. The van der Waals surface area contributed by atoms with Gasteiger partial charge >= 0.3 is 5.97 Å². The number of carbonyl (C=O) groups is 1. The summed E-state index contributed by atoms with van der Waals surface area (Å²) in [5, 5.41) is 11.0. The van der Waals surface area contributed by atoms with Gasteiger partial charge < -0.3 is 14.4 Å². The molecule has 1 aliphatic carbocycles. The van der Waals surface area contributed by atoms with Crippen LogP contribution in [0.15, 0.2) is 77.7 Å². The lowest BCUT2D eigenvalue weighted by Crippen LogP contribution is -2.45. The number of morpholine rings is 1. The second-order valence-corrected chi connectivity index (χ2v) is 11.0. The van der Waals surface area contributed by atoms with Gasteiger partial charge in [-0.3, -0.25) is 19.6 Å². The predicted octanol–water partition coefficient (Wildman–Crippen LogP) is 4.26. The summed E-state index contributed by atoms with van der Waals surface area (Å²) in [5.74, 6) is -0.247. The van der Waals surface area contributed by atoms with E-state index >= 15 is 0 Å². The molecule has 3 aromatic carbocycles. The number of hydrogen-bond acceptors (Lipinski definition) is 8. The number of rotatable bonds is 8. The summed E-state index contributed by atoms with van der Waals surface area (Å²) < 4.78 is 39.4. The molecule has 38 heavy (non-hydrogen) atoms. The summed E-state index contributed by atoms with van der Waals surface area (Å²) in [7, 11) is -3.85. The smallest absolute Gasteiger partial charge is 0.321 e. The average Bonchev–Trinajstić information content (AvgIpc) is 2.89. The van der Waals surface area contributed by atoms with E-state index in [0.29, 0.717) is 37.3 Å². The fraction of sp³-hybridized carbons (Fsp3) is 0.296. The first kappa shape index (κ1) is 25.7. The van der Waals surface area contributed by atoms with E-state index in [-0.39, 0.29) is 16.3 Å². The lowest BCUT2D eigenvalue weighted by atomic mass is 9.64. The fourth-order valence-corrected chi connectivity index (χ4v) is 5.77. The number of ether oxygens (including phenoxy) is 2. The maximum absolute atomic E-state index is 13.1. The third-order valence-electron chi connectivity index (χ3n) is 7.07. The van der Waals surface area contributed by atoms with Gasteiger partial charge in [0.25, 0.3) is 15.7 Å². The van der Waals surface area contributed by atoms with Crippen LogP contribution in [0.1, 0.15) is 24.8 Å². The topological polar surface area (TPSA) is 128 Å². The van der Waals surface area contributed by atoms with Crippen molar-refractivity contribution in [2.45, 2.75) is 29.6 Å². The minimum atomic E-state index is -3.85. The van der Waals surface area contributed by atoms with E-state index in [4.69, 9.17) is 9.47 Å². The largest absolute Gasteiger partial charge is 0.426 e. The van der Waals surface area contributed by atoms with E-state index in [9.17, 15) is 23.3 Å². The Morgan fingerprint density at radius 2 is 1.58 bits per heavy atom. The predicted molar refractivity (Wildman–Crippen MR) is 141 cm³/mol. The molecule has 0 aromatic heterocycles. The van der Waals surface area contributed by atoms with Crippen molar-refractivity contribution in [1.82, 2.24) is 0 Å². The normalized spacial score (nSPS) is 16.8. The number of nitrogens with zero attached hydrogens (tertiary/aromatic N) is 2. The van der Waals surface area contributed by atoms with Gasteiger partial charge in [0.1, 0.15) is 5.75 Å². The summed E-state index contributed by atoms with van der Waals surface area (Å²) in [6, 6.07) is 18.8. The van der Waals surface area contributed by atoms with Crippen molar-refractivity contribution in [3.63, 3.8) is 0 Å². The number of carbonyl (C=O) groups excluding carboxylic acids is 1. The summed E-state index contributed by atoms with van der Waals surface area (Å²) in [6.45, 7) is 2.91. The van der Waals surface area contributed by atoms with E-state index in [1.807, 2.05) is 12.1 Å². The molecule has 0 amide bonds. The average molecular weight is 538 g/mol. The minimum absolute atomic E-state index is 0.0308. The van der Waals surface area contributed by atoms with Gasteiger partial charge in [-0.25, -0.2) is 8.42 Å². The van der Waals surface area contributed by atoms with Crippen LogP contribution in [-0.2, 0) is 25.0 Å². The second kappa shape index (κ2) is 10.4. The van der Waals surface area contributed by atoms with E-state index in [1.54, 1.807) is 24.3 Å². The number of non-ortho nitro benzene ring substituents is 1. The van der Waals surface area contributed by atoms with Crippen LogP contribution in [0.4, 0.5) is 17.1 Å². The van der Waals surface area contributed by atoms with Gasteiger partial charge in [0.05, 0.1) is 28.4 Å². The number of sulfonamides is 1. The van der Waals surface area contributed by atoms with Crippen molar-refractivity contribution in [3.8, 4) is 5.75 Å². The van der Waals surface area contributed by atoms with Crippen molar-refractivity contribution >= 4 is 33.1 Å². The zero-order chi connectivity index (χ0) is 26.8. The molecular formula is C27H27N3O7S. The maximum Gasteiger partial charge on any atom is 0.321 e. The third-order valence-corrected chi connectivity index (χ3v) is 8.47. The quantitative estimate of drug-likeness (QED) is 0.195. The molecule has 0 atom stereocenters. The highest BCUT2D eigenvalue weighted by atomic mass is 32.2. The molecule has 1 saturated heterocycles. The number of esters is 1.